The predicted octanol–water partition coefficient (Wildman–Crippen LogP) is 4.62. The van der Waals surface area contributed by atoms with Crippen molar-refractivity contribution in [1.29, 1.82) is 0 Å². The molecule has 0 radical (unpaired) electrons. The SMILES string of the molecule is CCNC(c1ccc(N(C)C)cc1)C1CCC(CC)CC1. The molecule has 0 saturated heterocycles. The summed E-state index contributed by atoms with van der Waals surface area (Å²) in [4.78, 5) is 2.17. The summed E-state index contributed by atoms with van der Waals surface area (Å²) in [6.45, 7) is 5.61. The van der Waals surface area contributed by atoms with E-state index in [-0.39, 0.29) is 0 Å². The first kappa shape index (κ1) is 16.4. The zero-order chi connectivity index (χ0) is 15.2. The molecule has 1 N–H and O–H groups in total. The Bertz CT molecular complexity index is 402. The molecule has 1 saturated carbocycles. The van der Waals surface area contributed by atoms with Gasteiger partial charge in [-0.05, 0) is 48.9 Å². The molecule has 2 heteroatoms. The topological polar surface area (TPSA) is 15.3 Å². The van der Waals surface area contributed by atoms with Crippen molar-refractivity contribution in [3.05, 3.63) is 29.8 Å². The fraction of sp³-hybridized carbons (Fsp3) is 0.684. The van der Waals surface area contributed by atoms with Crippen molar-refractivity contribution in [2.24, 2.45) is 11.8 Å². The number of hydrogen-bond acceptors (Lipinski definition) is 2. The van der Waals surface area contributed by atoms with Gasteiger partial charge in [0.25, 0.3) is 0 Å². The molecule has 1 aliphatic rings. The van der Waals surface area contributed by atoms with E-state index in [2.05, 4.69) is 62.4 Å². The minimum atomic E-state index is 0.531. The van der Waals surface area contributed by atoms with E-state index in [1.807, 2.05) is 0 Å². The molecule has 1 aromatic rings. The molecule has 2 rings (SSSR count). The minimum Gasteiger partial charge on any atom is -0.378 e. The van der Waals surface area contributed by atoms with E-state index in [4.69, 9.17) is 0 Å². The summed E-state index contributed by atoms with van der Waals surface area (Å²) in [6.07, 6.45) is 6.95. The summed E-state index contributed by atoms with van der Waals surface area (Å²) in [7, 11) is 4.20. The summed E-state index contributed by atoms with van der Waals surface area (Å²) in [5.41, 5.74) is 2.74. The lowest BCUT2D eigenvalue weighted by Gasteiger charge is -2.34. The fourth-order valence-electron chi connectivity index (χ4n) is 3.69. The summed E-state index contributed by atoms with van der Waals surface area (Å²) < 4.78 is 0. The van der Waals surface area contributed by atoms with Gasteiger partial charge in [-0.25, -0.2) is 0 Å². The summed E-state index contributed by atoms with van der Waals surface area (Å²) >= 11 is 0. The van der Waals surface area contributed by atoms with Gasteiger partial charge < -0.3 is 10.2 Å². The largest absolute Gasteiger partial charge is 0.378 e. The molecule has 0 aromatic heterocycles. The Morgan fingerprint density at radius 3 is 2.14 bits per heavy atom. The lowest BCUT2D eigenvalue weighted by molar-refractivity contribution is 0.220. The van der Waals surface area contributed by atoms with Crippen LogP contribution in [0.4, 0.5) is 5.69 Å². The number of benzene rings is 1. The van der Waals surface area contributed by atoms with Gasteiger partial charge in [-0.15, -0.1) is 0 Å². The van der Waals surface area contributed by atoms with Crippen LogP contribution < -0.4 is 10.2 Å². The van der Waals surface area contributed by atoms with Crippen LogP contribution >= 0.6 is 0 Å². The Hall–Kier alpha value is -1.02. The van der Waals surface area contributed by atoms with Crippen LogP contribution in [0.1, 0.15) is 57.6 Å². The highest BCUT2D eigenvalue weighted by molar-refractivity contribution is 5.46. The molecule has 0 bridgehead atoms. The monoisotopic (exact) mass is 288 g/mol. The molecule has 0 heterocycles. The molecule has 0 aliphatic heterocycles. The maximum absolute atomic E-state index is 3.74. The van der Waals surface area contributed by atoms with Crippen LogP contribution in [0.25, 0.3) is 0 Å². The number of rotatable bonds is 6. The van der Waals surface area contributed by atoms with Crippen molar-refractivity contribution < 1.29 is 0 Å². The number of hydrogen-bond donors (Lipinski definition) is 1. The van der Waals surface area contributed by atoms with Crippen LogP contribution in [0, 0.1) is 11.8 Å². The molecule has 0 amide bonds. The molecule has 1 fully saturated rings. The second kappa shape index (κ2) is 7.84. The molecule has 2 nitrogen and oxygen atoms in total. The first-order chi connectivity index (χ1) is 10.2. The van der Waals surface area contributed by atoms with E-state index < -0.39 is 0 Å². The van der Waals surface area contributed by atoms with Gasteiger partial charge in [0.15, 0.2) is 0 Å². The van der Waals surface area contributed by atoms with E-state index in [0.29, 0.717) is 6.04 Å². The Morgan fingerprint density at radius 2 is 1.67 bits per heavy atom. The lowest BCUT2D eigenvalue weighted by Crippen LogP contribution is -2.31. The highest BCUT2D eigenvalue weighted by Crippen LogP contribution is 2.38. The van der Waals surface area contributed by atoms with E-state index in [1.54, 1.807) is 0 Å². The van der Waals surface area contributed by atoms with Gasteiger partial charge in [-0.3, -0.25) is 0 Å². The van der Waals surface area contributed by atoms with E-state index >= 15 is 0 Å². The van der Waals surface area contributed by atoms with Crippen molar-refractivity contribution in [3.63, 3.8) is 0 Å². The maximum atomic E-state index is 3.74. The lowest BCUT2D eigenvalue weighted by atomic mass is 9.76. The third kappa shape index (κ3) is 4.23. The average molecular weight is 288 g/mol. The van der Waals surface area contributed by atoms with Crippen molar-refractivity contribution in [2.75, 3.05) is 25.5 Å². The third-order valence-corrected chi connectivity index (χ3v) is 5.13. The predicted molar refractivity (Wildman–Crippen MR) is 92.9 cm³/mol. The second-order valence-corrected chi connectivity index (χ2v) is 6.71. The molecular weight excluding hydrogens is 256 g/mol. The summed E-state index contributed by atoms with van der Waals surface area (Å²) in [5.74, 6) is 1.78. The van der Waals surface area contributed by atoms with Crippen LogP contribution in [0.2, 0.25) is 0 Å². The van der Waals surface area contributed by atoms with Crippen LogP contribution in [0.3, 0.4) is 0 Å². The minimum absolute atomic E-state index is 0.531. The van der Waals surface area contributed by atoms with E-state index in [1.165, 1.54) is 43.4 Å². The normalized spacial score (nSPS) is 23.8. The van der Waals surface area contributed by atoms with Crippen LogP contribution in [-0.2, 0) is 0 Å². The zero-order valence-electron chi connectivity index (χ0n) is 14.2. The number of nitrogens with zero attached hydrogens (tertiary/aromatic N) is 1. The van der Waals surface area contributed by atoms with Crippen LogP contribution in [0.15, 0.2) is 24.3 Å². The summed E-state index contributed by atoms with van der Waals surface area (Å²) in [5, 5.41) is 3.74. The van der Waals surface area contributed by atoms with E-state index in [0.717, 1.165) is 18.4 Å². The zero-order valence-corrected chi connectivity index (χ0v) is 14.2. The highest BCUT2D eigenvalue weighted by atomic mass is 15.1. The number of anilines is 1. The Labute approximate surface area is 130 Å². The van der Waals surface area contributed by atoms with Gasteiger partial charge >= 0.3 is 0 Å². The molecule has 1 aromatic carbocycles. The quantitative estimate of drug-likeness (QED) is 0.821. The molecule has 1 aliphatic carbocycles. The summed E-state index contributed by atoms with van der Waals surface area (Å²) in [6, 6.07) is 9.65. The molecule has 21 heavy (non-hydrogen) atoms. The Morgan fingerprint density at radius 1 is 1.05 bits per heavy atom. The first-order valence-electron chi connectivity index (χ1n) is 8.66. The fourth-order valence-corrected chi connectivity index (χ4v) is 3.69. The smallest absolute Gasteiger partial charge is 0.0361 e. The Kier molecular flexibility index (Phi) is 6.10. The molecule has 0 spiro atoms. The standard InChI is InChI=1S/C19H32N2/c1-5-15-7-9-16(10-8-15)19(20-6-2)17-11-13-18(14-12-17)21(3)4/h11-16,19-20H,5-10H2,1-4H3. The van der Waals surface area contributed by atoms with Crippen molar-refractivity contribution >= 4 is 5.69 Å². The molecular formula is C19H32N2. The second-order valence-electron chi connectivity index (χ2n) is 6.71. The highest BCUT2D eigenvalue weighted by Gasteiger charge is 2.27. The Balaban J connectivity index is 2.07. The maximum Gasteiger partial charge on any atom is 0.0361 e. The van der Waals surface area contributed by atoms with Crippen molar-refractivity contribution in [1.82, 2.24) is 5.32 Å². The average Bonchev–Trinajstić information content (AvgIpc) is 2.53. The van der Waals surface area contributed by atoms with E-state index in [9.17, 15) is 0 Å². The number of nitrogens with one attached hydrogen (secondary N) is 1. The van der Waals surface area contributed by atoms with Crippen molar-refractivity contribution in [2.45, 2.75) is 52.0 Å². The first-order valence-corrected chi connectivity index (χ1v) is 8.66. The molecule has 1 atom stereocenters. The van der Waals surface area contributed by atoms with Gasteiger partial charge in [0.2, 0.25) is 0 Å². The molecule has 118 valence electrons. The van der Waals surface area contributed by atoms with Gasteiger partial charge in [-0.2, -0.15) is 0 Å². The van der Waals surface area contributed by atoms with Gasteiger partial charge in [-0.1, -0.05) is 45.2 Å². The van der Waals surface area contributed by atoms with Gasteiger partial charge in [0, 0.05) is 25.8 Å². The van der Waals surface area contributed by atoms with Gasteiger partial charge in [0.05, 0.1) is 0 Å². The van der Waals surface area contributed by atoms with Crippen LogP contribution in [0.5, 0.6) is 0 Å². The van der Waals surface area contributed by atoms with Crippen LogP contribution in [-0.4, -0.2) is 20.6 Å². The molecule has 1 unspecified atom stereocenters. The van der Waals surface area contributed by atoms with Gasteiger partial charge in [0.1, 0.15) is 0 Å². The van der Waals surface area contributed by atoms with Crippen molar-refractivity contribution in [3.8, 4) is 0 Å². The third-order valence-electron chi connectivity index (χ3n) is 5.13.